The van der Waals surface area contributed by atoms with Crippen molar-refractivity contribution in [2.24, 2.45) is 5.92 Å². The molecule has 0 N–H and O–H groups in total. The summed E-state index contributed by atoms with van der Waals surface area (Å²) in [6.45, 7) is 2.30. The van der Waals surface area contributed by atoms with E-state index in [0.717, 1.165) is 5.92 Å². The molecule has 1 aliphatic carbocycles. The molecule has 2 atom stereocenters. The molecule has 1 saturated carbocycles. The number of nitrogens with zero attached hydrogens (tertiary/aromatic N) is 6. The van der Waals surface area contributed by atoms with E-state index >= 15 is 0 Å². The molecule has 8 heteroatoms. The van der Waals surface area contributed by atoms with Gasteiger partial charge >= 0.3 is 0 Å². The van der Waals surface area contributed by atoms with Crippen molar-refractivity contribution in [3.8, 4) is 5.95 Å². The SMILES string of the molecule is CC1CCCC(Sc2nc(Cl)nc(-n3cncn3)n2)C1. The molecular weight excluding hydrogens is 296 g/mol. The molecule has 2 aromatic rings. The first kappa shape index (κ1) is 13.8. The van der Waals surface area contributed by atoms with E-state index in [0.29, 0.717) is 16.4 Å². The fourth-order valence-electron chi connectivity index (χ4n) is 2.42. The van der Waals surface area contributed by atoms with E-state index in [1.807, 2.05) is 0 Å². The maximum atomic E-state index is 5.98. The molecule has 0 spiro atoms. The largest absolute Gasteiger partial charge is 0.257 e. The molecule has 0 radical (unpaired) electrons. The molecule has 1 fully saturated rings. The maximum absolute atomic E-state index is 5.98. The van der Waals surface area contributed by atoms with Crippen LogP contribution in [0.4, 0.5) is 0 Å². The summed E-state index contributed by atoms with van der Waals surface area (Å²) in [5.74, 6) is 1.18. The Bertz CT molecular complexity index is 575. The highest BCUT2D eigenvalue weighted by atomic mass is 35.5. The molecule has 2 unspecified atom stereocenters. The molecule has 1 aliphatic rings. The Labute approximate surface area is 126 Å². The lowest BCUT2D eigenvalue weighted by atomic mass is 9.91. The number of thioether (sulfide) groups is 1. The molecule has 0 amide bonds. The predicted octanol–water partition coefficient (Wildman–Crippen LogP) is 2.78. The highest BCUT2D eigenvalue weighted by molar-refractivity contribution is 7.99. The van der Waals surface area contributed by atoms with Crippen LogP contribution in [0.1, 0.15) is 32.6 Å². The summed E-state index contributed by atoms with van der Waals surface area (Å²) < 4.78 is 1.49. The van der Waals surface area contributed by atoms with E-state index in [1.165, 1.54) is 36.7 Å². The van der Waals surface area contributed by atoms with Gasteiger partial charge in [-0.05, 0) is 30.4 Å². The predicted molar refractivity (Wildman–Crippen MR) is 77.0 cm³/mol. The van der Waals surface area contributed by atoms with Crippen molar-refractivity contribution in [3.05, 3.63) is 17.9 Å². The van der Waals surface area contributed by atoms with Crippen molar-refractivity contribution in [2.75, 3.05) is 0 Å². The van der Waals surface area contributed by atoms with E-state index in [1.54, 1.807) is 18.1 Å². The molecule has 6 nitrogen and oxygen atoms in total. The van der Waals surface area contributed by atoms with Gasteiger partial charge in [-0.1, -0.05) is 31.5 Å². The van der Waals surface area contributed by atoms with Crippen LogP contribution < -0.4 is 0 Å². The molecular formula is C12H15ClN6S. The standard InChI is InChI=1S/C12H15ClN6S/c1-8-3-2-4-9(5-8)20-12-17-10(13)16-11(18-12)19-7-14-6-15-19/h6-9H,2-5H2,1H3. The summed E-state index contributed by atoms with van der Waals surface area (Å²) in [6.07, 6.45) is 7.98. The van der Waals surface area contributed by atoms with Crippen LogP contribution in [0, 0.1) is 5.92 Å². The van der Waals surface area contributed by atoms with Crippen LogP contribution in [0.15, 0.2) is 17.8 Å². The van der Waals surface area contributed by atoms with Gasteiger partial charge < -0.3 is 0 Å². The van der Waals surface area contributed by atoms with Gasteiger partial charge in [0.1, 0.15) is 12.7 Å². The highest BCUT2D eigenvalue weighted by Gasteiger charge is 2.21. The number of hydrogen-bond donors (Lipinski definition) is 0. The Balaban J connectivity index is 1.79. The minimum absolute atomic E-state index is 0.192. The fourth-order valence-corrected chi connectivity index (χ4v) is 3.91. The van der Waals surface area contributed by atoms with Gasteiger partial charge in [0.25, 0.3) is 5.95 Å². The monoisotopic (exact) mass is 310 g/mol. The van der Waals surface area contributed by atoms with Crippen LogP contribution in [0.5, 0.6) is 0 Å². The molecule has 0 aromatic carbocycles. The van der Waals surface area contributed by atoms with Crippen LogP contribution in [0.3, 0.4) is 0 Å². The molecule has 0 bridgehead atoms. The molecule has 20 heavy (non-hydrogen) atoms. The Morgan fingerprint density at radius 2 is 2.20 bits per heavy atom. The minimum atomic E-state index is 0.192. The van der Waals surface area contributed by atoms with Gasteiger partial charge in [0.2, 0.25) is 5.28 Å². The first-order valence-electron chi connectivity index (χ1n) is 6.64. The smallest absolute Gasteiger partial charge is 0.223 e. The van der Waals surface area contributed by atoms with Crippen LogP contribution >= 0.6 is 23.4 Å². The highest BCUT2D eigenvalue weighted by Crippen LogP contribution is 2.34. The second-order valence-electron chi connectivity index (χ2n) is 5.04. The first-order valence-corrected chi connectivity index (χ1v) is 7.89. The topological polar surface area (TPSA) is 69.4 Å². The van der Waals surface area contributed by atoms with Gasteiger partial charge in [-0.2, -0.15) is 24.7 Å². The Kier molecular flexibility index (Phi) is 4.16. The Morgan fingerprint density at radius 3 is 2.95 bits per heavy atom. The average molecular weight is 311 g/mol. The summed E-state index contributed by atoms with van der Waals surface area (Å²) in [5, 5.41) is 5.42. The number of rotatable bonds is 3. The lowest BCUT2D eigenvalue weighted by molar-refractivity contribution is 0.394. The van der Waals surface area contributed by atoms with Gasteiger partial charge in [-0.25, -0.2) is 4.98 Å². The second kappa shape index (κ2) is 6.05. The van der Waals surface area contributed by atoms with E-state index in [2.05, 4.69) is 32.0 Å². The van der Waals surface area contributed by atoms with Crippen LogP contribution in [-0.2, 0) is 0 Å². The van der Waals surface area contributed by atoms with Crippen molar-refractivity contribution in [1.29, 1.82) is 0 Å². The van der Waals surface area contributed by atoms with Crippen molar-refractivity contribution < 1.29 is 0 Å². The number of aromatic nitrogens is 6. The molecule has 106 valence electrons. The third-order valence-electron chi connectivity index (χ3n) is 3.36. The van der Waals surface area contributed by atoms with Gasteiger partial charge in [-0.3, -0.25) is 0 Å². The van der Waals surface area contributed by atoms with E-state index in [9.17, 15) is 0 Å². The van der Waals surface area contributed by atoms with Crippen LogP contribution in [0.25, 0.3) is 5.95 Å². The zero-order valence-corrected chi connectivity index (χ0v) is 12.7. The molecule has 0 aliphatic heterocycles. The molecule has 3 rings (SSSR count). The first-order chi connectivity index (χ1) is 9.70. The third kappa shape index (κ3) is 3.27. The van der Waals surface area contributed by atoms with Crippen molar-refractivity contribution in [3.63, 3.8) is 0 Å². The normalized spacial score (nSPS) is 22.9. The Morgan fingerprint density at radius 1 is 1.30 bits per heavy atom. The zero-order valence-electron chi connectivity index (χ0n) is 11.1. The second-order valence-corrected chi connectivity index (χ2v) is 6.64. The minimum Gasteiger partial charge on any atom is -0.223 e. The molecule has 0 saturated heterocycles. The van der Waals surface area contributed by atoms with E-state index in [4.69, 9.17) is 11.6 Å². The van der Waals surface area contributed by atoms with Gasteiger partial charge in [0, 0.05) is 5.25 Å². The zero-order chi connectivity index (χ0) is 13.9. The summed E-state index contributed by atoms with van der Waals surface area (Å²) in [7, 11) is 0. The van der Waals surface area contributed by atoms with Crippen LogP contribution in [-0.4, -0.2) is 35.0 Å². The number of halogens is 1. The molecule has 2 heterocycles. The van der Waals surface area contributed by atoms with Gasteiger partial charge in [0.05, 0.1) is 0 Å². The van der Waals surface area contributed by atoms with Gasteiger partial charge in [0.15, 0.2) is 5.16 Å². The van der Waals surface area contributed by atoms with E-state index < -0.39 is 0 Å². The third-order valence-corrected chi connectivity index (χ3v) is 4.68. The fraction of sp³-hybridized carbons (Fsp3) is 0.583. The van der Waals surface area contributed by atoms with Gasteiger partial charge in [-0.15, -0.1) is 0 Å². The Hall–Kier alpha value is -1.21. The van der Waals surface area contributed by atoms with Crippen molar-refractivity contribution in [2.45, 2.75) is 43.0 Å². The average Bonchev–Trinajstić information content (AvgIpc) is 2.91. The summed E-state index contributed by atoms with van der Waals surface area (Å²) in [5.41, 5.74) is 0. The lowest BCUT2D eigenvalue weighted by Gasteiger charge is -2.25. The lowest BCUT2D eigenvalue weighted by Crippen LogP contribution is -2.16. The summed E-state index contributed by atoms with van der Waals surface area (Å²) >= 11 is 7.66. The van der Waals surface area contributed by atoms with Crippen molar-refractivity contribution in [1.82, 2.24) is 29.7 Å². The summed E-state index contributed by atoms with van der Waals surface area (Å²) in [4.78, 5) is 16.6. The van der Waals surface area contributed by atoms with Crippen LogP contribution in [0.2, 0.25) is 5.28 Å². The summed E-state index contributed by atoms with van der Waals surface area (Å²) in [6, 6.07) is 0. The molecule has 2 aromatic heterocycles. The maximum Gasteiger partial charge on any atom is 0.257 e. The number of hydrogen-bond acceptors (Lipinski definition) is 6. The quantitative estimate of drug-likeness (QED) is 0.868. The van der Waals surface area contributed by atoms with E-state index in [-0.39, 0.29) is 5.28 Å². The van der Waals surface area contributed by atoms with Crippen molar-refractivity contribution >= 4 is 23.4 Å².